The van der Waals surface area contributed by atoms with Gasteiger partial charge in [-0.15, -0.1) is 11.8 Å². The summed E-state index contributed by atoms with van der Waals surface area (Å²) in [6.45, 7) is -0.160. The van der Waals surface area contributed by atoms with E-state index in [1.807, 2.05) is 0 Å². The zero-order chi connectivity index (χ0) is 12.7. The molecule has 1 aliphatic carbocycles. The third kappa shape index (κ3) is 1.59. The van der Waals surface area contributed by atoms with Crippen LogP contribution in [0.4, 0.5) is 0 Å². The molecular formula is C13H10O4S. The number of rotatable bonds is 1. The Balaban J connectivity index is 2.10. The van der Waals surface area contributed by atoms with Gasteiger partial charge in [0.1, 0.15) is 11.0 Å². The van der Waals surface area contributed by atoms with Crippen molar-refractivity contribution < 1.29 is 19.4 Å². The summed E-state index contributed by atoms with van der Waals surface area (Å²) in [4.78, 5) is 24.8. The zero-order valence-electron chi connectivity index (χ0n) is 9.38. The van der Waals surface area contributed by atoms with Gasteiger partial charge in [0, 0.05) is 16.9 Å². The number of ketones is 2. The van der Waals surface area contributed by atoms with Crippen molar-refractivity contribution in [3.05, 3.63) is 46.1 Å². The van der Waals surface area contributed by atoms with Crippen molar-refractivity contribution in [2.75, 3.05) is 12.4 Å². The molecule has 5 heteroatoms. The number of aliphatic hydroxyl groups excluding tert-OH is 1. The third-order valence-electron chi connectivity index (χ3n) is 2.94. The van der Waals surface area contributed by atoms with Crippen molar-refractivity contribution >= 4 is 23.3 Å². The molecule has 1 atom stereocenters. The second-order valence-corrected chi connectivity index (χ2v) is 5.13. The number of benzene rings is 1. The van der Waals surface area contributed by atoms with Crippen LogP contribution in [0.15, 0.2) is 34.9 Å². The molecule has 1 aromatic rings. The fourth-order valence-electron chi connectivity index (χ4n) is 2.04. The fourth-order valence-corrected chi connectivity index (χ4v) is 3.07. The van der Waals surface area contributed by atoms with Crippen LogP contribution in [-0.2, 0) is 4.74 Å². The standard InChI is InChI=1S/C13H10O4S/c14-5-7-6-18-13-11(16)9-4-2-1-3-8(9)10(15)12(13)17-7/h1-4,7,14H,5-6H2. The summed E-state index contributed by atoms with van der Waals surface area (Å²) in [7, 11) is 0. The van der Waals surface area contributed by atoms with Crippen molar-refractivity contribution in [2.24, 2.45) is 0 Å². The quantitative estimate of drug-likeness (QED) is 0.829. The molecule has 1 heterocycles. The molecule has 0 amide bonds. The molecule has 1 N–H and O–H groups in total. The predicted octanol–water partition coefficient (Wildman–Crippen LogP) is 1.40. The molecule has 1 unspecified atom stereocenters. The summed E-state index contributed by atoms with van der Waals surface area (Å²) in [5.41, 5.74) is 0.806. The molecular weight excluding hydrogens is 252 g/mol. The molecule has 0 radical (unpaired) electrons. The van der Waals surface area contributed by atoms with Crippen LogP contribution in [0, 0.1) is 0 Å². The first kappa shape index (κ1) is 11.5. The van der Waals surface area contributed by atoms with E-state index in [1.165, 1.54) is 11.8 Å². The van der Waals surface area contributed by atoms with Gasteiger partial charge in [-0.05, 0) is 0 Å². The molecule has 0 spiro atoms. The molecule has 92 valence electrons. The lowest BCUT2D eigenvalue weighted by molar-refractivity contribution is 0.0572. The highest BCUT2D eigenvalue weighted by atomic mass is 32.2. The molecule has 0 fully saturated rings. The van der Waals surface area contributed by atoms with Crippen molar-refractivity contribution in [1.29, 1.82) is 0 Å². The molecule has 0 saturated carbocycles. The maximum Gasteiger partial charge on any atom is 0.229 e. The fraction of sp³-hybridized carbons (Fsp3) is 0.231. The van der Waals surface area contributed by atoms with E-state index >= 15 is 0 Å². The van der Waals surface area contributed by atoms with Crippen LogP contribution >= 0.6 is 11.8 Å². The van der Waals surface area contributed by atoms with E-state index in [-0.39, 0.29) is 23.9 Å². The predicted molar refractivity (Wildman–Crippen MR) is 66.5 cm³/mol. The topological polar surface area (TPSA) is 63.6 Å². The molecule has 1 aliphatic heterocycles. The van der Waals surface area contributed by atoms with Crippen LogP contribution < -0.4 is 0 Å². The van der Waals surface area contributed by atoms with Crippen LogP contribution in [-0.4, -0.2) is 35.1 Å². The van der Waals surface area contributed by atoms with Crippen LogP contribution in [0.1, 0.15) is 20.7 Å². The lowest BCUT2D eigenvalue weighted by atomic mass is 9.93. The number of fused-ring (bicyclic) bond motifs is 1. The number of hydrogen-bond donors (Lipinski definition) is 1. The van der Waals surface area contributed by atoms with Crippen molar-refractivity contribution in [2.45, 2.75) is 6.10 Å². The summed E-state index contributed by atoms with van der Waals surface area (Å²) in [6, 6.07) is 6.73. The maximum atomic E-state index is 12.2. The molecule has 2 aliphatic rings. The van der Waals surface area contributed by atoms with Gasteiger partial charge < -0.3 is 9.84 Å². The summed E-state index contributed by atoms with van der Waals surface area (Å²) in [5.74, 6) is 0.137. The van der Waals surface area contributed by atoms with Crippen molar-refractivity contribution in [1.82, 2.24) is 0 Å². The Morgan fingerprint density at radius 1 is 1.22 bits per heavy atom. The number of carbonyl (C=O) groups excluding carboxylic acids is 2. The number of Topliss-reactive ketones (excluding diaryl/α,β-unsaturated/α-hetero) is 2. The van der Waals surface area contributed by atoms with Gasteiger partial charge in [0.25, 0.3) is 0 Å². The summed E-state index contributed by atoms with van der Waals surface area (Å²) in [6.07, 6.45) is -0.421. The first-order valence-corrected chi connectivity index (χ1v) is 6.54. The SMILES string of the molecule is O=C1C2=C(SCC(CO)O2)C(=O)c2ccccc21. The lowest BCUT2D eigenvalue weighted by Crippen LogP contribution is -2.32. The number of carbonyl (C=O) groups is 2. The number of allylic oxidation sites excluding steroid dienone is 2. The first-order chi connectivity index (χ1) is 8.72. The van der Waals surface area contributed by atoms with Gasteiger partial charge >= 0.3 is 0 Å². The maximum absolute atomic E-state index is 12.2. The van der Waals surface area contributed by atoms with Gasteiger partial charge in [0.15, 0.2) is 5.76 Å². The summed E-state index contributed by atoms with van der Waals surface area (Å²) in [5, 5.41) is 9.07. The van der Waals surface area contributed by atoms with E-state index < -0.39 is 6.10 Å². The Hall–Kier alpha value is -1.59. The lowest BCUT2D eigenvalue weighted by Gasteiger charge is -2.28. The van der Waals surface area contributed by atoms with E-state index in [9.17, 15) is 9.59 Å². The molecule has 3 rings (SSSR count). The monoisotopic (exact) mass is 262 g/mol. The van der Waals surface area contributed by atoms with Crippen molar-refractivity contribution in [3.8, 4) is 0 Å². The smallest absolute Gasteiger partial charge is 0.229 e. The minimum Gasteiger partial charge on any atom is -0.482 e. The van der Waals surface area contributed by atoms with E-state index in [0.29, 0.717) is 21.8 Å². The third-order valence-corrected chi connectivity index (χ3v) is 4.13. The Morgan fingerprint density at radius 3 is 2.56 bits per heavy atom. The Morgan fingerprint density at radius 2 is 1.89 bits per heavy atom. The van der Waals surface area contributed by atoms with Gasteiger partial charge in [0.2, 0.25) is 11.6 Å². The molecule has 0 saturated heterocycles. The van der Waals surface area contributed by atoms with E-state index in [4.69, 9.17) is 9.84 Å². The minimum absolute atomic E-state index is 0.0917. The second kappa shape index (κ2) is 4.26. The number of hydrogen-bond acceptors (Lipinski definition) is 5. The Labute approximate surface area is 108 Å². The molecule has 0 bridgehead atoms. The largest absolute Gasteiger partial charge is 0.482 e. The average Bonchev–Trinajstić information content (AvgIpc) is 2.44. The first-order valence-electron chi connectivity index (χ1n) is 5.55. The van der Waals surface area contributed by atoms with Gasteiger partial charge in [-0.1, -0.05) is 24.3 Å². The highest BCUT2D eigenvalue weighted by Gasteiger charge is 2.37. The summed E-state index contributed by atoms with van der Waals surface area (Å²) < 4.78 is 5.42. The summed E-state index contributed by atoms with van der Waals surface area (Å²) >= 11 is 1.28. The highest BCUT2D eigenvalue weighted by Crippen LogP contribution is 2.37. The Bertz CT molecular complexity index is 576. The second-order valence-electron chi connectivity index (χ2n) is 4.10. The average molecular weight is 262 g/mol. The van der Waals surface area contributed by atoms with Crippen LogP contribution in [0.2, 0.25) is 0 Å². The van der Waals surface area contributed by atoms with E-state index in [1.54, 1.807) is 24.3 Å². The van der Waals surface area contributed by atoms with Gasteiger partial charge in [-0.3, -0.25) is 9.59 Å². The number of thioether (sulfide) groups is 1. The van der Waals surface area contributed by atoms with Crippen LogP contribution in [0.3, 0.4) is 0 Å². The van der Waals surface area contributed by atoms with Crippen LogP contribution in [0.5, 0.6) is 0 Å². The van der Waals surface area contributed by atoms with Crippen LogP contribution in [0.25, 0.3) is 0 Å². The normalized spacial score (nSPS) is 22.4. The minimum atomic E-state index is -0.421. The van der Waals surface area contributed by atoms with Gasteiger partial charge in [-0.2, -0.15) is 0 Å². The highest BCUT2D eigenvalue weighted by molar-refractivity contribution is 8.04. The molecule has 18 heavy (non-hydrogen) atoms. The van der Waals surface area contributed by atoms with E-state index in [0.717, 1.165) is 0 Å². The zero-order valence-corrected chi connectivity index (χ0v) is 10.2. The Kier molecular flexibility index (Phi) is 2.72. The van der Waals surface area contributed by atoms with Gasteiger partial charge in [-0.25, -0.2) is 0 Å². The molecule has 1 aromatic carbocycles. The van der Waals surface area contributed by atoms with Crippen molar-refractivity contribution in [3.63, 3.8) is 0 Å². The van der Waals surface area contributed by atoms with E-state index in [2.05, 4.69) is 0 Å². The molecule has 0 aromatic heterocycles. The number of aliphatic hydroxyl groups is 1. The number of ether oxygens (including phenoxy) is 1. The molecule has 4 nitrogen and oxygen atoms in total. The van der Waals surface area contributed by atoms with Gasteiger partial charge in [0.05, 0.1) is 6.61 Å².